The van der Waals surface area contributed by atoms with Gasteiger partial charge in [-0.15, -0.1) is 0 Å². The van der Waals surface area contributed by atoms with E-state index >= 15 is 0 Å². The van der Waals surface area contributed by atoms with E-state index in [1.54, 1.807) is 0 Å². The number of unbranched alkanes of at least 4 members (excludes halogenated alkanes) is 12. The Kier molecular flexibility index (Phi) is 15.5. The molecule has 0 saturated carbocycles. The fourth-order valence-corrected chi connectivity index (χ4v) is 3.58. The molecule has 0 aliphatic carbocycles. The van der Waals surface area contributed by atoms with Crippen molar-refractivity contribution in [2.75, 3.05) is 0 Å². The molecule has 1 atom stereocenters. The van der Waals surface area contributed by atoms with E-state index in [1.165, 1.54) is 103 Å². The molecule has 0 aromatic carbocycles. The third kappa shape index (κ3) is 14.1. The second-order valence-corrected chi connectivity index (χ2v) is 8.67. The Bertz CT molecular complexity index is 228. The summed E-state index contributed by atoms with van der Waals surface area (Å²) >= 11 is 0. The summed E-state index contributed by atoms with van der Waals surface area (Å²) in [4.78, 5) is 0. The Morgan fingerprint density at radius 2 is 0.957 bits per heavy atom. The molecular formula is C23H48. The maximum absolute atomic E-state index is 2.51. The summed E-state index contributed by atoms with van der Waals surface area (Å²) in [6.07, 6.45) is 23.0. The third-order valence-electron chi connectivity index (χ3n) is 6.00. The number of hydrogen-bond acceptors (Lipinski definition) is 0. The van der Waals surface area contributed by atoms with Gasteiger partial charge >= 0.3 is 0 Å². The molecule has 0 heterocycles. The Morgan fingerprint density at radius 3 is 1.43 bits per heavy atom. The van der Waals surface area contributed by atoms with Crippen LogP contribution < -0.4 is 0 Å². The predicted molar refractivity (Wildman–Crippen MR) is 108 cm³/mol. The molecule has 0 aromatic rings. The first kappa shape index (κ1) is 23.0. The van der Waals surface area contributed by atoms with Gasteiger partial charge in [-0.1, -0.05) is 131 Å². The van der Waals surface area contributed by atoms with Crippen molar-refractivity contribution < 1.29 is 0 Å². The van der Waals surface area contributed by atoms with Crippen LogP contribution in [0.25, 0.3) is 0 Å². The van der Waals surface area contributed by atoms with Crippen molar-refractivity contribution in [3.05, 3.63) is 0 Å². The van der Waals surface area contributed by atoms with E-state index in [4.69, 9.17) is 0 Å². The number of hydrogen-bond donors (Lipinski definition) is 0. The summed E-state index contributed by atoms with van der Waals surface area (Å²) in [5, 5.41) is 0. The van der Waals surface area contributed by atoms with E-state index in [1.807, 2.05) is 0 Å². The zero-order chi connectivity index (χ0) is 17.4. The predicted octanol–water partition coefficient (Wildman–Crippen LogP) is 8.93. The summed E-state index contributed by atoms with van der Waals surface area (Å²) in [6.45, 7) is 12.1. The quantitative estimate of drug-likeness (QED) is 0.234. The van der Waals surface area contributed by atoms with Crippen molar-refractivity contribution in [3.8, 4) is 0 Å². The van der Waals surface area contributed by atoms with Crippen LogP contribution in [0.2, 0.25) is 0 Å². The fourth-order valence-electron chi connectivity index (χ4n) is 3.58. The summed E-state index contributed by atoms with van der Waals surface area (Å²) < 4.78 is 0. The largest absolute Gasteiger partial charge is 0.0654 e. The molecule has 0 N–H and O–H groups in total. The van der Waals surface area contributed by atoms with Crippen LogP contribution in [-0.2, 0) is 0 Å². The molecule has 23 heavy (non-hydrogen) atoms. The lowest BCUT2D eigenvalue weighted by atomic mass is 9.74. The third-order valence-corrected chi connectivity index (χ3v) is 6.00. The highest BCUT2D eigenvalue weighted by molar-refractivity contribution is 4.75. The van der Waals surface area contributed by atoms with Crippen LogP contribution in [0.1, 0.15) is 137 Å². The highest BCUT2D eigenvalue weighted by Crippen LogP contribution is 2.36. The maximum atomic E-state index is 2.51. The summed E-state index contributed by atoms with van der Waals surface area (Å²) in [5.74, 6) is 0.887. The first-order valence-corrected chi connectivity index (χ1v) is 11.0. The zero-order valence-corrected chi connectivity index (χ0v) is 17.4. The molecule has 0 heteroatoms. The second-order valence-electron chi connectivity index (χ2n) is 8.67. The van der Waals surface area contributed by atoms with Gasteiger partial charge in [0.2, 0.25) is 0 Å². The molecule has 0 aliphatic heterocycles. The van der Waals surface area contributed by atoms with E-state index in [2.05, 4.69) is 34.6 Å². The molecular weight excluding hydrogens is 276 g/mol. The molecule has 0 aromatic heterocycles. The van der Waals surface area contributed by atoms with Gasteiger partial charge in [-0.05, 0) is 17.8 Å². The SMILES string of the molecule is CCCCCCCCCCC(C)(C)C(C)CCCCCCCC. The van der Waals surface area contributed by atoms with Gasteiger partial charge in [0.25, 0.3) is 0 Å². The van der Waals surface area contributed by atoms with Crippen molar-refractivity contribution in [3.63, 3.8) is 0 Å². The Morgan fingerprint density at radius 1 is 0.565 bits per heavy atom. The summed E-state index contributed by atoms with van der Waals surface area (Å²) in [7, 11) is 0. The highest BCUT2D eigenvalue weighted by atomic mass is 14.3. The van der Waals surface area contributed by atoms with Gasteiger partial charge in [0.15, 0.2) is 0 Å². The topological polar surface area (TPSA) is 0 Å². The van der Waals surface area contributed by atoms with E-state index in [0.717, 1.165) is 5.92 Å². The molecule has 140 valence electrons. The first-order chi connectivity index (χ1) is 11.0. The molecule has 0 nitrogen and oxygen atoms in total. The summed E-state index contributed by atoms with van der Waals surface area (Å²) in [6, 6.07) is 0. The minimum Gasteiger partial charge on any atom is -0.0654 e. The van der Waals surface area contributed by atoms with Crippen molar-refractivity contribution in [2.24, 2.45) is 11.3 Å². The van der Waals surface area contributed by atoms with Crippen LogP contribution in [0, 0.1) is 11.3 Å². The Labute approximate surface area is 149 Å². The van der Waals surface area contributed by atoms with Crippen molar-refractivity contribution in [1.29, 1.82) is 0 Å². The molecule has 0 spiro atoms. The summed E-state index contributed by atoms with van der Waals surface area (Å²) in [5.41, 5.74) is 0.547. The highest BCUT2D eigenvalue weighted by Gasteiger charge is 2.24. The van der Waals surface area contributed by atoms with Gasteiger partial charge in [-0.3, -0.25) is 0 Å². The van der Waals surface area contributed by atoms with E-state index < -0.39 is 0 Å². The van der Waals surface area contributed by atoms with E-state index in [0.29, 0.717) is 5.41 Å². The van der Waals surface area contributed by atoms with Crippen LogP contribution in [0.5, 0.6) is 0 Å². The Hall–Kier alpha value is 0. The Balaban J connectivity index is 3.57. The van der Waals surface area contributed by atoms with Gasteiger partial charge in [-0.25, -0.2) is 0 Å². The number of rotatable bonds is 17. The van der Waals surface area contributed by atoms with Gasteiger partial charge in [-0.2, -0.15) is 0 Å². The standard InChI is InChI=1S/C23H48/c1-6-8-10-12-14-15-17-19-21-23(4,5)22(3)20-18-16-13-11-9-7-2/h22H,6-21H2,1-5H3. The first-order valence-electron chi connectivity index (χ1n) is 11.0. The molecule has 0 rings (SSSR count). The van der Waals surface area contributed by atoms with Crippen LogP contribution in [-0.4, -0.2) is 0 Å². The van der Waals surface area contributed by atoms with Gasteiger partial charge < -0.3 is 0 Å². The molecule has 0 aliphatic rings. The lowest BCUT2D eigenvalue weighted by Gasteiger charge is -2.32. The van der Waals surface area contributed by atoms with Gasteiger partial charge in [0.05, 0.1) is 0 Å². The van der Waals surface area contributed by atoms with Crippen molar-refractivity contribution in [2.45, 2.75) is 137 Å². The smallest absolute Gasteiger partial charge is 0.0329 e. The van der Waals surface area contributed by atoms with Crippen LogP contribution >= 0.6 is 0 Å². The van der Waals surface area contributed by atoms with Crippen molar-refractivity contribution in [1.82, 2.24) is 0 Å². The lowest BCUT2D eigenvalue weighted by Crippen LogP contribution is -2.21. The average Bonchev–Trinajstić information content (AvgIpc) is 2.53. The normalized spacial score (nSPS) is 13.4. The maximum Gasteiger partial charge on any atom is -0.0329 e. The van der Waals surface area contributed by atoms with E-state index in [9.17, 15) is 0 Å². The fraction of sp³-hybridized carbons (Fsp3) is 1.00. The average molecular weight is 325 g/mol. The zero-order valence-electron chi connectivity index (χ0n) is 17.4. The second kappa shape index (κ2) is 15.5. The van der Waals surface area contributed by atoms with E-state index in [-0.39, 0.29) is 0 Å². The van der Waals surface area contributed by atoms with Crippen LogP contribution in [0.4, 0.5) is 0 Å². The van der Waals surface area contributed by atoms with Gasteiger partial charge in [0.1, 0.15) is 0 Å². The van der Waals surface area contributed by atoms with Crippen LogP contribution in [0.15, 0.2) is 0 Å². The van der Waals surface area contributed by atoms with Crippen molar-refractivity contribution >= 4 is 0 Å². The van der Waals surface area contributed by atoms with Gasteiger partial charge in [0, 0.05) is 0 Å². The van der Waals surface area contributed by atoms with Crippen LogP contribution in [0.3, 0.4) is 0 Å². The minimum absolute atomic E-state index is 0.547. The monoisotopic (exact) mass is 324 g/mol. The molecule has 0 bridgehead atoms. The molecule has 0 amide bonds. The minimum atomic E-state index is 0.547. The molecule has 0 saturated heterocycles. The molecule has 0 radical (unpaired) electrons. The lowest BCUT2D eigenvalue weighted by molar-refractivity contribution is 0.189. The molecule has 1 unspecified atom stereocenters. The molecule has 0 fully saturated rings.